The topological polar surface area (TPSA) is 287 Å². The zero-order valence-electron chi connectivity index (χ0n) is 22.7. The number of nitrogens with zero attached hydrogens (tertiary/aromatic N) is 2. The minimum atomic E-state index is -5.53. The van der Waals surface area contributed by atoms with Crippen LogP contribution in [0.4, 0.5) is 5.82 Å². The lowest BCUT2D eigenvalue weighted by molar-refractivity contribution is -0.311. The first-order valence-corrected chi connectivity index (χ1v) is 15.1. The third kappa shape index (κ3) is 7.99. The summed E-state index contributed by atoms with van der Waals surface area (Å²) in [5.74, 6) is -0.966. The van der Waals surface area contributed by atoms with Crippen LogP contribution < -0.4 is 11.4 Å². The largest absolute Gasteiger partial charge is 0.483 e. The number of methoxy groups -OCH3 is 2. The highest BCUT2D eigenvalue weighted by Gasteiger charge is 2.57. The second-order valence-corrected chi connectivity index (χ2v) is 12.4. The number of carbonyl (C=O) groups excluding carboxylic acids is 1. The van der Waals surface area contributed by atoms with Crippen LogP contribution in [0.25, 0.3) is 0 Å². The SMILES string of the molecule is COCC(=O)O[C@@H]1[C@H](C)O[C@H](OP(=O)(O)OP(=O)(O)OC[C@H]2O[C@@H](n3ccc(N)nc3=O)[C@H](O)[C@@H]2O)[C@H](OC)[C@]1(C)O. The Labute approximate surface area is 238 Å². The highest BCUT2D eigenvalue weighted by molar-refractivity contribution is 7.61. The van der Waals surface area contributed by atoms with Crippen molar-refractivity contribution in [3.63, 3.8) is 0 Å². The number of ether oxygens (including phenoxy) is 5. The lowest BCUT2D eigenvalue weighted by Crippen LogP contribution is -2.66. The molecule has 3 heterocycles. The summed E-state index contributed by atoms with van der Waals surface area (Å²) >= 11 is 0. The number of hydrogen-bond acceptors (Lipinski definition) is 17. The normalized spacial score (nSPS) is 36.2. The second kappa shape index (κ2) is 13.4. The molecule has 7 N–H and O–H groups in total. The van der Waals surface area contributed by atoms with E-state index in [9.17, 15) is 43.8 Å². The Kier molecular flexibility index (Phi) is 11.1. The van der Waals surface area contributed by atoms with Crippen LogP contribution in [-0.4, -0.2) is 117 Å². The van der Waals surface area contributed by atoms with Crippen molar-refractivity contribution >= 4 is 27.4 Å². The van der Waals surface area contributed by atoms with Gasteiger partial charge in [0.1, 0.15) is 42.4 Å². The predicted octanol–water partition coefficient (Wildman–Crippen LogP) is -2.24. The number of nitrogen functional groups attached to an aromatic ring is 1. The number of aromatic nitrogens is 2. The summed E-state index contributed by atoms with van der Waals surface area (Å²) in [6.07, 6.45) is -11.3. The fourth-order valence-electron chi connectivity index (χ4n) is 4.39. The molecule has 1 aromatic rings. The summed E-state index contributed by atoms with van der Waals surface area (Å²) in [5, 5.41) is 31.6. The van der Waals surface area contributed by atoms with E-state index < -0.39 is 95.3 Å². The third-order valence-electron chi connectivity index (χ3n) is 6.26. The van der Waals surface area contributed by atoms with Gasteiger partial charge in [-0.3, -0.25) is 13.6 Å². The number of hydrogen-bond donors (Lipinski definition) is 6. The number of carbonyl (C=O) groups is 1. The van der Waals surface area contributed by atoms with Crippen LogP contribution in [0.1, 0.15) is 20.1 Å². The number of anilines is 1. The first-order chi connectivity index (χ1) is 19.4. The first-order valence-electron chi connectivity index (χ1n) is 12.1. The summed E-state index contributed by atoms with van der Waals surface area (Å²) < 4.78 is 65.5. The molecule has 0 radical (unpaired) electrons. The predicted molar refractivity (Wildman–Crippen MR) is 134 cm³/mol. The Morgan fingerprint density at radius 1 is 1.17 bits per heavy atom. The van der Waals surface area contributed by atoms with Crippen molar-refractivity contribution in [1.29, 1.82) is 0 Å². The minimum Gasteiger partial charge on any atom is -0.455 e. The van der Waals surface area contributed by atoms with Crippen molar-refractivity contribution in [1.82, 2.24) is 9.55 Å². The molecule has 240 valence electrons. The van der Waals surface area contributed by atoms with Gasteiger partial charge in [0.2, 0.25) is 0 Å². The average molecular weight is 649 g/mol. The molecule has 2 aliphatic heterocycles. The van der Waals surface area contributed by atoms with Gasteiger partial charge in [-0.25, -0.2) is 18.7 Å². The van der Waals surface area contributed by atoms with E-state index in [0.717, 1.165) is 17.9 Å². The van der Waals surface area contributed by atoms with Crippen molar-refractivity contribution in [3.8, 4) is 0 Å². The van der Waals surface area contributed by atoms with Gasteiger partial charge < -0.3 is 54.5 Å². The van der Waals surface area contributed by atoms with Crippen LogP contribution in [0.3, 0.4) is 0 Å². The Morgan fingerprint density at radius 2 is 1.83 bits per heavy atom. The van der Waals surface area contributed by atoms with Gasteiger partial charge in [0.05, 0.1) is 12.7 Å². The Balaban J connectivity index is 1.64. The van der Waals surface area contributed by atoms with Gasteiger partial charge in [-0.2, -0.15) is 9.29 Å². The molecule has 2 aliphatic rings. The van der Waals surface area contributed by atoms with Gasteiger partial charge >= 0.3 is 27.3 Å². The van der Waals surface area contributed by atoms with E-state index >= 15 is 0 Å². The summed E-state index contributed by atoms with van der Waals surface area (Å²) in [4.78, 5) is 47.6. The van der Waals surface area contributed by atoms with Gasteiger partial charge in [-0.05, 0) is 19.9 Å². The lowest BCUT2D eigenvalue weighted by atomic mass is 9.86. The van der Waals surface area contributed by atoms with Crippen molar-refractivity contribution in [2.45, 2.75) is 68.6 Å². The molecule has 11 atom stereocenters. The minimum absolute atomic E-state index is 0.114. The standard InChI is InChI=1S/C20H33N3O17P2/c1-9-15(38-12(24)8-33-3)20(2,28)16(34-4)18(36-9)39-42(31,32)40-41(29,30)35-7-10-13(25)14(26)17(37-10)23-6-5-11(21)22-19(23)27/h5-6,9-10,13-18,25-26,28H,7-8H2,1-4H3,(H,29,30)(H,31,32)(H2,21,22,27)/t9-,10+,13+,14+,15+,16-,17+,18+,20+/m0/s1. The molecule has 42 heavy (non-hydrogen) atoms. The molecule has 3 rings (SSSR count). The number of phosphoric ester groups is 2. The fraction of sp³-hybridized carbons (Fsp3) is 0.750. The van der Waals surface area contributed by atoms with Crippen LogP contribution in [0, 0.1) is 0 Å². The van der Waals surface area contributed by atoms with Crippen LogP contribution in [-0.2, 0) is 51.0 Å². The van der Waals surface area contributed by atoms with E-state index in [0.29, 0.717) is 0 Å². The highest BCUT2D eigenvalue weighted by Crippen LogP contribution is 2.61. The molecular weight excluding hydrogens is 616 g/mol. The fourth-order valence-corrected chi connectivity index (χ4v) is 6.54. The molecule has 0 aromatic carbocycles. The molecule has 0 saturated carbocycles. The van der Waals surface area contributed by atoms with Gasteiger partial charge in [0.15, 0.2) is 18.6 Å². The van der Waals surface area contributed by atoms with E-state index in [4.69, 9.17) is 29.2 Å². The molecule has 20 nitrogen and oxygen atoms in total. The quantitative estimate of drug-likeness (QED) is 0.103. The molecule has 0 spiro atoms. The van der Waals surface area contributed by atoms with Crippen molar-refractivity contribution in [3.05, 3.63) is 22.7 Å². The van der Waals surface area contributed by atoms with Crippen LogP contribution in [0.5, 0.6) is 0 Å². The molecule has 0 amide bonds. The highest BCUT2D eigenvalue weighted by atomic mass is 31.3. The van der Waals surface area contributed by atoms with Gasteiger partial charge in [-0.1, -0.05) is 0 Å². The summed E-state index contributed by atoms with van der Waals surface area (Å²) in [6, 6.07) is 1.22. The van der Waals surface area contributed by atoms with Gasteiger partial charge in [-0.15, -0.1) is 0 Å². The van der Waals surface area contributed by atoms with Crippen LogP contribution in [0.15, 0.2) is 17.1 Å². The molecular formula is C20H33N3O17P2. The molecule has 0 bridgehead atoms. The maximum absolute atomic E-state index is 12.6. The van der Waals surface area contributed by atoms with Crippen molar-refractivity contribution in [2.24, 2.45) is 0 Å². The Bertz CT molecular complexity index is 1260. The van der Waals surface area contributed by atoms with E-state index in [1.54, 1.807) is 0 Å². The summed E-state index contributed by atoms with van der Waals surface area (Å²) in [6.45, 7) is 1.10. The number of esters is 1. The zero-order valence-corrected chi connectivity index (χ0v) is 24.5. The summed E-state index contributed by atoms with van der Waals surface area (Å²) in [5.41, 5.74) is 2.42. The average Bonchev–Trinajstić information content (AvgIpc) is 3.13. The lowest BCUT2D eigenvalue weighted by Gasteiger charge is -2.48. The number of rotatable bonds is 12. The van der Waals surface area contributed by atoms with Crippen molar-refractivity contribution < 1.29 is 76.1 Å². The molecule has 2 saturated heterocycles. The van der Waals surface area contributed by atoms with Crippen LogP contribution >= 0.6 is 15.6 Å². The molecule has 1 aromatic heterocycles. The number of aliphatic hydroxyl groups is 3. The Morgan fingerprint density at radius 3 is 2.43 bits per heavy atom. The molecule has 22 heteroatoms. The van der Waals surface area contributed by atoms with Crippen LogP contribution in [0.2, 0.25) is 0 Å². The monoisotopic (exact) mass is 649 g/mol. The first kappa shape index (κ1) is 34.6. The van der Waals surface area contributed by atoms with Gasteiger partial charge in [0.25, 0.3) is 0 Å². The molecule has 0 aliphatic carbocycles. The third-order valence-corrected chi connectivity index (χ3v) is 8.86. The van der Waals surface area contributed by atoms with Crippen molar-refractivity contribution in [2.75, 3.05) is 33.2 Å². The van der Waals surface area contributed by atoms with E-state index in [1.165, 1.54) is 27.0 Å². The zero-order chi connectivity index (χ0) is 31.6. The number of nitrogens with two attached hydrogens (primary N) is 1. The molecule has 2 fully saturated rings. The van der Waals surface area contributed by atoms with Gasteiger partial charge in [0, 0.05) is 20.4 Å². The maximum Gasteiger partial charge on any atom is 0.483 e. The second-order valence-electron chi connectivity index (χ2n) is 9.44. The maximum atomic E-state index is 12.6. The Hall–Kier alpha value is -1.87. The smallest absolute Gasteiger partial charge is 0.455 e. The molecule has 2 unspecified atom stereocenters. The summed E-state index contributed by atoms with van der Waals surface area (Å²) in [7, 11) is -8.66. The number of phosphoric acid groups is 2. The number of aliphatic hydroxyl groups excluding tert-OH is 2. The van der Waals surface area contributed by atoms with E-state index in [2.05, 4.69) is 18.6 Å². The van der Waals surface area contributed by atoms with E-state index in [-0.39, 0.29) is 5.82 Å². The van der Waals surface area contributed by atoms with E-state index in [1.807, 2.05) is 0 Å².